The van der Waals surface area contributed by atoms with Crippen LogP contribution in [-0.4, -0.2) is 19.5 Å². The number of nitrogens with zero attached hydrogens (tertiary/aromatic N) is 3. The van der Waals surface area contributed by atoms with E-state index in [9.17, 15) is 4.79 Å². The van der Waals surface area contributed by atoms with Gasteiger partial charge < -0.3 is 10.7 Å². The Hall–Kier alpha value is -1.85. The van der Waals surface area contributed by atoms with Crippen LogP contribution in [-0.2, 0) is 6.54 Å². The first-order valence-corrected chi connectivity index (χ1v) is 6.45. The van der Waals surface area contributed by atoms with Crippen LogP contribution >= 0.6 is 0 Å². The van der Waals surface area contributed by atoms with Crippen LogP contribution in [0.25, 0.3) is 11.2 Å². The zero-order chi connectivity index (χ0) is 12.5. The van der Waals surface area contributed by atoms with Gasteiger partial charge in [0.1, 0.15) is 0 Å². The molecule has 0 bridgehead atoms. The van der Waals surface area contributed by atoms with Gasteiger partial charge in [0.05, 0.1) is 6.33 Å². The molecule has 1 saturated carbocycles. The van der Waals surface area contributed by atoms with Crippen molar-refractivity contribution in [1.29, 1.82) is 0 Å². The predicted molar refractivity (Wildman–Crippen MR) is 69.1 cm³/mol. The van der Waals surface area contributed by atoms with E-state index in [4.69, 9.17) is 5.73 Å². The molecular formula is C12H17N5O. The minimum atomic E-state index is -0.118. The topological polar surface area (TPSA) is 89.6 Å². The summed E-state index contributed by atoms with van der Waals surface area (Å²) < 4.78 is 1.55. The molecule has 0 unspecified atom stereocenters. The molecule has 96 valence electrons. The van der Waals surface area contributed by atoms with E-state index in [2.05, 4.69) is 15.0 Å². The molecule has 3 rings (SSSR count). The summed E-state index contributed by atoms with van der Waals surface area (Å²) in [7, 11) is 0. The Bertz CT molecular complexity index is 608. The molecule has 2 aromatic heterocycles. The van der Waals surface area contributed by atoms with E-state index in [1.807, 2.05) is 0 Å². The van der Waals surface area contributed by atoms with Crippen LogP contribution in [0.15, 0.2) is 11.1 Å². The van der Waals surface area contributed by atoms with Crippen LogP contribution in [0.3, 0.4) is 0 Å². The second-order valence-corrected chi connectivity index (χ2v) is 4.97. The Balaban J connectivity index is 1.88. The summed E-state index contributed by atoms with van der Waals surface area (Å²) >= 11 is 0. The lowest BCUT2D eigenvalue weighted by Crippen LogP contribution is -2.25. The van der Waals surface area contributed by atoms with Crippen molar-refractivity contribution in [1.82, 2.24) is 19.5 Å². The van der Waals surface area contributed by atoms with Crippen LogP contribution in [0.5, 0.6) is 0 Å². The minimum Gasteiger partial charge on any atom is -0.369 e. The van der Waals surface area contributed by atoms with E-state index in [-0.39, 0.29) is 11.5 Å². The molecule has 0 amide bonds. The molecule has 3 N–H and O–H groups in total. The third-order valence-electron chi connectivity index (χ3n) is 3.81. The molecule has 0 spiro atoms. The highest BCUT2D eigenvalue weighted by molar-refractivity contribution is 5.69. The summed E-state index contributed by atoms with van der Waals surface area (Å²) in [5.41, 5.74) is 6.55. The van der Waals surface area contributed by atoms with Crippen molar-refractivity contribution < 1.29 is 0 Å². The van der Waals surface area contributed by atoms with Crippen molar-refractivity contribution in [2.24, 2.45) is 5.92 Å². The van der Waals surface area contributed by atoms with Gasteiger partial charge in [-0.05, 0) is 12.3 Å². The first-order chi connectivity index (χ1) is 8.75. The standard InChI is InChI=1S/C12H17N5O/c13-12-16-10-9(14-7-15-10)11(18)17(12)6-5-8-3-1-2-4-8/h7-8H,1-6H2,(H2,13,16)(H,14,15). The van der Waals surface area contributed by atoms with Gasteiger partial charge in [0.2, 0.25) is 5.95 Å². The number of fused-ring (bicyclic) bond motifs is 1. The normalized spacial score (nSPS) is 16.7. The van der Waals surface area contributed by atoms with Gasteiger partial charge in [0, 0.05) is 6.54 Å². The molecule has 0 saturated heterocycles. The molecule has 0 aromatic carbocycles. The predicted octanol–water partition coefficient (Wildman–Crippen LogP) is 1.28. The molecule has 1 aliphatic rings. The van der Waals surface area contributed by atoms with Crippen LogP contribution in [0, 0.1) is 5.92 Å². The molecule has 0 atom stereocenters. The summed E-state index contributed by atoms with van der Waals surface area (Å²) in [4.78, 5) is 23.1. The van der Waals surface area contributed by atoms with E-state index in [0.717, 1.165) is 12.3 Å². The van der Waals surface area contributed by atoms with Gasteiger partial charge >= 0.3 is 0 Å². The Labute approximate surface area is 104 Å². The average Bonchev–Trinajstić information content (AvgIpc) is 2.98. The van der Waals surface area contributed by atoms with Crippen molar-refractivity contribution >= 4 is 17.1 Å². The van der Waals surface area contributed by atoms with Crippen molar-refractivity contribution in [3.63, 3.8) is 0 Å². The van der Waals surface area contributed by atoms with Crippen molar-refractivity contribution in [3.8, 4) is 0 Å². The lowest BCUT2D eigenvalue weighted by atomic mass is 10.0. The number of nitrogen functional groups attached to an aromatic ring is 1. The van der Waals surface area contributed by atoms with E-state index in [0.29, 0.717) is 17.7 Å². The highest BCUT2D eigenvalue weighted by Gasteiger charge is 2.16. The van der Waals surface area contributed by atoms with Crippen LogP contribution in [0.2, 0.25) is 0 Å². The summed E-state index contributed by atoms with van der Waals surface area (Å²) in [6.07, 6.45) is 7.65. The number of hydrogen-bond acceptors (Lipinski definition) is 4. The number of anilines is 1. The largest absolute Gasteiger partial charge is 0.369 e. The van der Waals surface area contributed by atoms with Gasteiger partial charge in [-0.3, -0.25) is 9.36 Å². The first-order valence-electron chi connectivity index (χ1n) is 6.45. The SMILES string of the molecule is Nc1nc2nc[nH]c2c(=O)n1CCC1CCCC1. The molecule has 6 heteroatoms. The van der Waals surface area contributed by atoms with Crippen molar-refractivity contribution in [2.75, 3.05) is 5.73 Å². The van der Waals surface area contributed by atoms with Gasteiger partial charge in [0.25, 0.3) is 5.56 Å². The Morgan fingerprint density at radius 1 is 1.44 bits per heavy atom. The number of rotatable bonds is 3. The summed E-state index contributed by atoms with van der Waals surface area (Å²) in [5, 5.41) is 0. The van der Waals surface area contributed by atoms with Gasteiger partial charge in [-0.15, -0.1) is 0 Å². The quantitative estimate of drug-likeness (QED) is 0.855. The smallest absolute Gasteiger partial charge is 0.280 e. The number of aromatic nitrogens is 4. The zero-order valence-corrected chi connectivity index (χ0v) is 10.2. The van der Waals surface area contributed by atoms with Gasteiger partial charge in [-0.1, -0.05) is 25.7 Å². The number of imidazole rings is 1. The minimum absolute atomic E-state index is 0.118. The highest BCUT2D eigenvalue weighted by atomic mass is 16.1. The number of H-pyrrole nitrogens is 1. The Morgan fingerprint density at radius 2 is 2.22 bits per heavy atom. The fourth-order valence-electron chi connectivity index (χ4n) is 2.76. The summed E-state index contributed by atoms with van der Waals surface area (Å²) in [5.74, 6) is 0.992. The number of nitrogens with one attached hydrogen (secondary N) is 1. The van der Waals surface area contributed by atoms with Gasteiger partial charge in [0.15, 0.2) is 11.2 Å². The first kappa shape index (κ1) is 11.3. The lowest BCUT2D eigenvalue weighted by molar-refractivity contribution is 0.454. The molecule has 0 aliphatic heterocycles. The molecule has 6 nitrogen and oxygen atoms in total. The maximum atomic E-state index is 12.2. The third kappa shape index (κ3) is 1.87. The molecule has 2 heterocycles. The highest BCUT2D eigenvalue weighted by Crippen LogP contribution is 2.27. The average molecular weight is 247 g/mol. The van der Waals surface area contributed by atoms with Crippen LogP contribution in [0.4, 0.5) is 5.95 Å². The van der Waals surface area contributed by atoms with Gasteiger partial charge in [-0.2, -0.15) is 4.98 Å². The van der Waals surface area contributed by atoms with Crippen LogP contribution < -0.4 is 11.3 Å². The molecular weight excluding hydrogens is 230 g/mol. The van der Waals surface area contributed by atoms with E-state index in [1.165, 1.54) is 32.0 Å². The van der Waals surface area contributed by atoms with Crippen molar-refractivity contribution in [3.05, 3.63) is 16.7 Å². The molecule has 1 fully saturated rings. The maximum absolute atomic E-state index is 12.2. The zero-order valence-electron chi connectivity index (χ0n) is 10.2. The third-order valence-corrected chi connectivity index (χ3v) is 3.81. The number of aromatic amines is 1. The monoisotopic (exact) mass is 247 g/mol. The maximum Gasteiger partial charge on any atom is 0.280 e. The second-order valence-electron chi connectivity index (χ2n) is 4.97. The number of nitrogens with two attached hydrogens (primary N) is 1. The van der Waals surface area contributed by atoms with E-state index in [1.54, 1.807) is 4.57 Å². The fourth-order valence-corrected chi connectivity index (χ4v) is 2.76. The Kier molecular flexibility index (Phi) is 2.77. The Morgan fingerprint density at radius 3 is 3.00 bits per heavy atom. The summed E-state index contributed by atoms with van der Waals surface area (Å²) in [6.45, 7) is 0.650. The van der Waals surface area contributed by atoms with Crippen molar-refractivity contribution in [2.45, 2.75) is 38.6 Å². The molecule has 18 heavy (non-hydrogen) atoms. The molecule has 0 radical (unpaired) electrons. The molecule has 1 aliphatic carbocycles. The van der Waals surface area contributed by atoms with E-state index >= 15 is 0 Å². The molecule has 2 aromatic rings. The lowest BCUT2D eigenvalue weighted by Gasteiger charge is -2.12. The second kappa shape index (κ2) is 4.44. The fraction of sp³-hybridized carbons (Fsp3) is 0.583. The van der Waals surface area contributed by atoms with Gasteiger partial charge in [-0.25, -0.2) is 4.98 Å². The van der Waals surface area contributed by atoms with Crippen LogP contribution in [0.1, 0.15) is 32.1 Å². The summed E-state index contributed by atoms with van der Waals surface area (Å²) in [6, 6.07) is 0. The number of hydrogen-bond donors (Lipinski definition) is 2. The van der Waals surface area contributed by atoms with E-state index < -0.39 is 0 Å².